The first kappa shape index (κ1) is 19.0. The van der Waals surface area contributed by atoms with Gasteiger partial charge < -0.3 is 9.80 Å². The number of tetrazole rings is 1. The summed E-state index contributed by atoms with van der Waals surface area (Å²) in [6.07, 6.45) is 0. The highest BCUT2D eigenvalue weighted by Crippen LogP contribution is 2.24. The van der Waals surface area contributed by atoms with E-state index in [1.807, 2.05) is 4.90 Å². The lowest BCUT2D eigenvalue weighted by atomic mass is 10.1. The van der Waals surface area contributed by atoms with E-state index in [0.717, 1.165) is 13.1 Å². The Morgan fingerprint density at radius 1 is 1.07 bits per heavy atom. The first-order chi connectivity index (χ1) is 14.0. The summed E-state index contributed by atoms with van der Waals surface area (Å²) < 4.78 is 13.4. The van der Waals surface area contributed by atoms with E-state index in [0.29, 0.717) is 24.5 Å². The Morgan fingerprint density at radius 2 is 1.83 bits per heavy atom. The molecular weight excluding hydrogens is 371 g/mol. The number of amides is 1. The van der Waals surface area contributed by atoms with Crippen molar-refractivity contribution in [1.29, 1.82) is 0 Å². The van der Waals surface area contributed by atoms with Gasteiger partial charge in [-0.2, -0.15) is 4.80 Å². The van der Waals surface area contributed by atoms with Crippen molar-refractivity contribution in [3.63, 3.8) is 0 Å². The lowest BCUT2D eigenvalue weighted by Gasteiger charge is -2.37. The molecule has 2 heterocycles. The van der Waals surface area contributed by atoms with Crippen LogP contribution in [0.5, 0.6) is 0 Å². The first-order valence-corrected chi connectivity index (χ1v) is 9.64. The van der Waals surface area contributed by atoms with Crippen molar-refractivity contribution < 1.29 is 9.18 Å². The van der Waals surface area contributed by atoms with Crippen molar-refractivity contribution in [3.05, 3.63) is 59.4 Å². The summed E-state index contributed by atoms with van der Waals surface area (Å²) >= 11 is 0. The molecule has 4 rings (SSSR count). The molecule has 0 N–H and O–H groups in total. The minimum atomic E-state index is -0.364. The number of aromatic nitrogens is 4. The lowest BCUT2D eigenvalue weighted by molar-refractivity contribution is -0.132. The average Bonchev–Trinajstić information content (AvgIpc) is 3.19. The van der Waals surface area contributed by atoms with E-state index in [1.54, 1.807) is 12.1 Å². The molecule has 1 amide bonds. The third kappa shape index (κ3) is 4.11. The van der Waals surface area contributed by atoms with Crippen LogP contribution in [0, 0.1) is 19.7 Å². The lowest BCUT2D eigenvalue weighted by Crippen LogP contribution is -2.50. The molecule has 29 heavy (non-hydrogen) atoms. The van der Waals surface area contributed by atoms with Gasteiger partial charge in [-0.05, 0) is 48.4 Å². The number of halogens is 1. The van der Waals surface area contributed by atoms with E-state index in [9.17, 15) is 9.18 Å². The molecule has 0 unspecified atom stereocenters. The standard InChI is InChI=1S/C21H23FN6O/c1-15-5-3-8-19(16(15)2)26-9-11-27(12-10-26)20(29)14-28-24-21(23-25-28)17-6-4-7-18(22)13-17/h3-8,13H,9-12,14H2,1-2H3. The largest absolute Gasteiger partial charge is 0.368 e. The number of rotatable bonds is 4. The molecule has 7 nitrogen and oxygen atoms in total. The minimum Gasteiger partial charge on any atom is -0.368 e. The van der Waals surface area contributed by atoms with Crippen LogP contribution >= 0.6 is 0 Å². The summed E-state index contributed by atoms with van der Waals surface area (Å²) in [5.41, 5.74) is 4.32. The van der Waals surface area contributed by atoms with Gasteiger partial charge in [-0.15, -0.1) is 10.2 Å². The van der Waals surface area contributed by atoms with Crippen LogP contribution in [0.1, 0.15) is 11.1 Å². The van der Waals surface area contributed by atoms with Crippen LogP contribution in [-0.4, -0.2) is 57.2 Å². The van der Waals surface area contributed by atoms with Crippen molar-refractivity contribution in [2.75, 3.05) is 31.1 Å². The molecular formula is C21H23FN6O. The fraction of sp³-hybridized carbons (Fsp3) is 0.333. The molecule has 1 aromatic heterocycles. The van der Waals surface area contributed by atoms with Gasteiger partial charge in [0.1, 0.15) is 12.4 Å². The Bertz CT molecular complexity index is 1030. The molecule has 0 spiro atoms. The van der Waals surface area contributed by atoms with Gasteiger partial charge in [-0.3, -0.25) is 4.79 Å². The van der Waals surface area contributed by atoms with Gasteiger partial charge in [0.15, 0.2) is 0 Å². The maximum atomic E-state index is 13.4. The number of anilines is 1. The van der Waals surface area contributed by atoms with Gasteiger partial charge in [-0.25, -0.2) is 4.39 Å². The predicted octanol–water partition coefficient (Wildman–Crippen LogP) is 2.44. The second-order valence-electron chi connectivity index (χ2n) is 7.24. The highest BCUT2D eigenvalue weighted by molar-refractivity contribution is 5.76. The van der Waals surface area contributed by atoms with Gasteiger partial charge >= 0.3 is 0 Å². The monoisotopic (exact) mass is 394 g/mol. The zero-order chi connectivity index (χ0) is 20.4. The van der Waals surface area contributed by atoms with Gasteiger partial charge in [-0.1, -0.05) is 24.3 Å². The van der Waals surface area contributed by atoms with E-state index in [-0.39, 0.29) is 18.3 Å². The van der Waals surface area contributed by atoms with Crippen LogP contribution < -0.4 is 4.90 Å². The van der Waals surface area contributed by atoms with Crippen molar-refractivity contribution in [2.24, 2.45) is 0 Å². The number of hydrogen-bond acceptors (Lipinski definition) is 5. The van der Waals surface area contributed by atoms with Gasteiger partial charge in [0.2, 0.25) is 11.7 Å². The Kier molecular flexibility index (Phi) is 5.24. The Labute approximate surface area is 168 Å². The number of piperazine rings is 1. The van der Waals surface area contributed by atoms with Crippen molar-refractivity contribution >= 4 is 11.6 Å². The smallest absolute Gasteiger partial charge is 0.246 e. The number of aryl methyl sites for hydroxylation is 1. The molecule has 2 aromatic carbocycles. The van der Waals surface area contributed by atoms with Gasteiger partial charge in [0.25, 0.3) is 0 Å². The maximum absolute atomic E-state index is 13.4. The molecule has 8 heteroatoms. The Morgan fingerprint density at radius 3 is 2.59 bits per heavy atom. The highest BCUT2D eigenvalue weighted by atomic mass is 19.1. The summed E-state index contributed by atoms with van der Waals surface area (Å²) in [6, 6.07) is 12.3. The zero-order valence-corrected chi connectivity index (χ0v) is 16.5. The zero-order valence-electron chi connectivity index (χ0n) is 16.5. The van der Waals surface area contributed by atoms with Crippen molar-refractivity contribution in [3.8, 4) is 11.4 Å². The maximum Gasteiger partial charge on any atom is 0.246 e. The molecule has 150 valence electrons. The summed E-state index contributed by atoms with van der Waals surface area (Å²) in [5.74, 6) is -0.109. The number of hydrogen-bond donors (Lipinski definition) is 0. The molecule has 1 aliphatic heterocycles. The first-order valence-electron chi connectivity index (χ1n) is 9.64. The van der Waals surface area contributed by atoms with Crippen LogP contribution in [0.4, 0.5) is 10.1 Å². The van der Waals surface area contributed by atoms with E-state index in [1.165, 1.54) is 33.7 Å². The van der Waals surface area contributed by atoms with Crippen LogP contribution in [0.3, 0.4) is 0 Å². The van der Waals surface area contributed by atoms with E-state index < -0.39 is 0 Å². The second-order valence-corrected chi connectivity index (χ2v) is 7.24. The molecule has 0 radical (unpaired) electrons. The number of carbonyl (C=O) groups is 1. The molecule has 1 fully saturated rings. The van der Waals surface area contributed by atoms with E-state index in [2.05, 4.69) is 52.4 Å². The van der Waals surface area contributed by atoms with Crippen LogP contribution in [0.15, 0.2) is 42.5 Å². The Hall–Kier alpha value is -3.29. The summed E-state index contributed by atoms with van der Waals surface area (Å²) in [6.45, 7) is 7.14. The third-order valence-corrected chi connectivity index (χ3v) is 5.36. The predicted molar refractivity (Wildman–Crippen MR) is 108 cm³/mol. The average molecular weight is 394 g/mol. The highest BCUT2D eigenvalue weighted by Gasteiger charge is 2.23. The van der Waals surface area contributed by atoms with Gasteiger partial charge in [0.05, 0.1) is 0 Å². The van der Waals surface area contributed by atoms with Crippen LogP contribution in [0.25, 0.3) is 11.4 Å². The fourth-order valence-corrected chi connectivity index (χ4v) is 3.55. The summed E-state index contributed by atoms with van der Waals surface area (Å²) in [4.78, 5) is 18.1. The molecule has 0 saturated carbocycles. The molecule has 0 atom stereocenters. The number of benzene rings is 2. The van der Waals surface area contributed by atoms with Gasteiger partial charge in [0, 0.05) is 37.4 Å². The molecule has 0 aliphatic carbocycles. The quantitative estimate of drug-likeness (QED) is 0.680. The van der Waals surface area contributed by atoms with E-state index in [4.69, 9.17) is 0 Å². The molecule has 1 saturated heterocycles. The second kappa shape index (κ2) is 7.98. The van der Waals surface area contributed by atoms with Crippen molar-refractivity contribution in [1.82, 2.24) is 25.1 Å². The third-order valence-electron chi connectivity index (χ3n) is 5.36. The molecule has 1 aliphatic rings. The minimum absolute atomic E-state index is 0.0196. The number of nitrogens with zero attached hydrogens (tertiary/aromatic N) is 6. The van der Waals surface area contributed by atoms with Crippen LogP contribution in [0.2, 0.25) is 0 Å². The fourth-order valence-electron chi connectivity index (χ4n) is 3.55. The van der Waals surface area contributed by atoms with Crippen molar-refractivity contribution in [2.45, 2.75) is 20.4 Å². The number of carbonyl (C=O) groups excluding carboxylic acids is 1. The van der Waals surface area contributed by atoms with E-state index >= 15 is 0 Å². The molecule has 0 bridgehead atoms. The Balaban J connectivity index is 1.36. The van der Waals surface area contributed by atoms with Crippen LogP contribution in [-0.2, 0) is 11.3 Å². The SMILES string of the molecule is Cc1cccc(N2CCN(C(=O)Cn3nnc(-c4cccc(F)c4)n3)CC2)c1C. The normalized spacial score (nSPS) is 14.3. The summed E-state index contributed by atoms with van der Waals surface area (Å²) in [5, 5.41) is 12.1. The molecule has 3 aromatic rings. The topological polar surface area (TPSA) is 67.2 Å². The summed E-state index contributed by atoms with van der Waals surface area (Å²) in [7, 11) is 0.